The largest absolute Gasteiger partial charge is 0.135 e. The first-order valence-corrected chi connectivity index (χ1v) is 12.9. The number of benzene rings is 2. The molecular weight excluding hydrogens is 433 g/mol. The van der Waals surface area contributed by atoms with E-state index in [1.54, 1.807) is 0 Å². The number of aryl methyl sites for hydroxylation is 3. The van der Waals surface area contributed by atoms with E-state index in [-0.39, 0.29) is 0 Å². The van der Waals surface area contributed by atoms with Crippen molar-refractivity contribution in [2.75, 3.05) is 0 Å². The smallest absolute Gasteiger partial charge is 0.0479 e. The van der Waals surface area contributed by atoms with Crippen LogP contribution in [0.5, 0.6) is 0 Å². The van der Waals surface area contributed by atoms with Gasteiger partial charge in [0.05, 0.1) is 0 Å². The van der Waals surface area contributed by atoms with Crippen molar-refractivity contribution >= 4 is 50.9 Å². The van der Waals surface area contributed by atoms with Gasteiger partial charge in [0.25, 0.3) is 0 Å². The highest BCUT2D eigenvalue weighted by Gasteiger charge is 2.17. The van der Waals surface area contributed by atoms with Gasteiger partial charge in [-0.2, -0.15) is 0 Å². The Kier molecular flexibility index (Phi) is 5.43. The van der Waals surface area contributed by atoms with Gasteiger partial charge < -0.3 is 0 Å². The van der Waals surface area contributed by atoms with Crippen molar-refractivity contribution in [3.8, 4) is 29.9 Å². The summed E-state index contributed by atoms with van der Waals surface area (Å²) in [6.45, 7) is 8.78. The summed E-state index contributed by atoms with van der Waals surface area (Å²) < 4.78 is 0. The van der Waals surface area contributed by atoms with E-state index < -0.39 is 0 Å². The zero-order valence-corrected chi connectivity index (χ0v) is 20.6. The van der Waals surface area contributed by atoms with E-state index >= 15 is 0 Å². The summed E-state index contributed by atoms with van der Waals surface area (Å²) in [4.78, 5) is 8.25. The summed E-state index contributed by atoms with van der Waals surface area (Å²) in [7, 11) is 0. The quantitative estimate of drug-likeness (QED) is 0.252. The van der Waals surface area contributed by atoms with E-state index in [4.69, 9.17) is 0 Å². The molecule has 0 saturated carbocycles. The van der Waals surface area contributed by atoms with Crippen molar-refractivity contribution in [1.82, 2.24) is 0 Å². The number of rotatable bonds is 4. The van der Waals surface area contributed by atoms with Crippen LogP contribution >= 0.6 is 34.0 Å². The van der Waals surface area contributed by atoms with Crippen LogP contribution in [0.3, 0.4) is 0 Å². The topological polar surface area (TPSA) is 0 Å². The molecule has 0 saturated heterocycles. The molecule has 0 N–H and O–H groups in total. The monoisotopic (exact) mass is 456 g/mol. The molecule has 0 aliphatic carbocycles. The predicted molar refractivity (Wildman–Crippen MR) is 143 cm³/mol. The minimum Gasteiger partial charge on any atom is -0.135 e. The Morgan fingerprint density at radius 3 is 2.03 bits per heavy atom. The van der Waals surface area contributed by atoms with Crippen molar-refractivity contribution in [1.29, 1.82) is 0 Å². The van der Waals surface area contributed by atoms with Gasteiger partial charge in [-0.25, -0.2) is 0 Å². The average Bonchev–Trinajstić information content (AvgIpc) is 3.45. The van der Waals surface area contributed by atoms with Crippen LogP contribution in [0.15, 0.2) is 66.7 Å². The molecule has 0 aliphatic heterocycles. The molecule has 0 unspecified atom stereocenters. The van der Waals surface area contributed by atoms with Gasteiger partial charge in [0.1, 0.15) is 0 Å². The fraction of sp³-hybridized carbons (Fsp3) is 0.143. The predicted octanol–water partition coefficient (Wildman–Crippen LogP) is 9.98. The third-order valence-electron chi connectivity index (χ3n) is 5.61. The van der Waals surface area contributed by atoms with E-state index in [9.17, 15) is 0 Å². The van der Waals surface area contributed by atoms with Gasteiger partial charge in [-0.1, -0.05) is 48.5 Å². The van der Waals surface area contributed by atoms with Gasteiger partial charge in [-0.3, -0.25) is 0 Å². The third kappa shape index (κ3) is 3.71. The number of allylic oxidation sites excluding steroid dienone is 1. The standard InChI is InChI=1S/C28H24S3/c1-5-9-23-17(2)14-25(29-23)27-19(4)16-26(31-27)28-18(3)15-24(30-28)22-13-8-11-20-10-6-7-12-21(20)22/h5-16H,1-4H3. The molecule has 154 valence electrons. The van der Waals surface area contributed by atoms with E-state index in [0.717, 1.165) is 0 Å². The zero-order valence-electron chi connectivity index (χ0n) is 18.2. The lowest BCUT2D eigenvalue weighted by Crippen LogP contribution is -1.77. The SMILES string of the molecule is CC=Cc1sc(-c2sc(-c3sc(-c4cccc5ccccc45)cc3C)cc2C)cc1C. The summed E-state index contributed by atoms with van der Waals surface area (Å²) >= 11 is 5.74. The average molecular weight is 457 g/mol. The summed E-state index contributed by atoms with van der Waals surface area (Å²) in [6.07, 6.45) is 4.34. The first kappa shape index (κ1) is 20.4. The lowest BCUT2D eigenvalue weighted by atomic mass is 10.0. The second-order valence-corrected chi connectivity index (χ2v) is 11.1. The number of hydrogen-bond donors (Lipinski definition) is 0. The molecule has 5 aromatic rings. The Bertz CT molecular complexity index is 1420. The Balaban J connectivity index is 1.57. The maximum absolute atomic E-state index is 2.37. The van der Waals surface area contributed by atoms with Crippen molar-refractivity contribution in [3.63, 3.8) is 0 Å². The molecule has 0 nitrogen and oxygen atoms in total. The van der Waals surface area contributed by atoms with Crippen LogP contribution in [-0.4, -0.2) is 0 Å². The fourth-order valence-electron chi connectivity index (χ4n) is 4.06. The van der Waals surface area contributed by atoms with Gasteiger partial charge in [0.15, 0.2) is 0 Å². The lowest BCUT2D eigenvalue weighted by molar-refractivity contribution is 1.52. The Morgan fingerprint density at radius 2 is 1.26 bits per heavy atom. The van der Waals surface area contributed by atoms with Crippen LogP contribution in [0.4, 0.5) is 0 Å². The first-order valence-electron chi connectivity index (χ1n) is 10.5. The van der Waals surface area contributed by atoms with E-state index in [0.29, 0.717) is 0 Å². The molecule has 31 heavy (non-hydrogen) atoms. The molecule has 3 heterocycles. The molecule has 3 heteroatoms. The number of thiophene rings is 3. The highest BCUT2D eigenvalue weighted by Crippen LogP contribution is 2.46. The molecule has 0 aliphatic rings. The first-order chi connectivity index (χ1) is 15.0. The highest BCUT2D eigenvalue weighted by molar-refractivity contribution is 7.27. The third-order valence-corrected chi connectivity index (χ3v) is 9.68. The summed E-state index contributed by atoms with van der Waals surface area (Å²) in [5.74, 6) is 0. The molecule has 0 amide bonds. The van der Waals surface area contributed by atoms with E-state index in [2.05, 4.69) is 101 Å². The zero-order chi connectivity index (χ0) is 21.5. The summed E-state index contributed by atoms with van der Waals surface area (Å²) in [5.41, 5.74) is 5.42. The molecular formula is C28H24S3. The number of fused-ring (bicyclic) bond motifs is 1. The Labute approximate surface area is 196 Å². The Morgan fingerprint density at radius 1 is 0.645 bits per heavy atom. The highest BCUT2D eigenvalue weighted by atomic mass is 32.1. The maximum atomic E-state index is 2.37. The molecule has 2 aromatic carbocycles. The maximum Gasteiger partial charge on any atom is 0.0479 e. The minimum absolute atomic E-state index is 1.30. The van der Waals surface area contributed by atoms with E-state index in [1.165, 1.54) is 62.3 Å². The van der Waals surface area contributed by atoms with Crippen molar-refractivity contribution in [2.24, 2.45) is 0 Å². The van der Waals surface area contributed by atoms with Crippen molar-refractivity contribution in [3.05, 3.63) is 88.3 Å². The van der Waals surface area contributed by atoms with Gasteiger partial charge in [0.2, 0.25) is 0 Å². The molecule has 0 spiro atoms. The summed E-state index contributed by atoms with van der Waals surface area (Å²) in [5, 5.41) is 2.62. The lowest BCUT2D eigenvalue weighted by Gasteiger charge is -2.03. The van der Waals surface area contributed by atoms with Gasteiger partial charge in [-0.15, -0.1) is 34.0 Å². The molecule has 0 bridgehead atoms. The summed E-state index contributed by atoms with van der Waals surface area (Å²) in [6, 6.07) is 22.3. The number of hydrogen-bond acceptors (Lipinski definition) is 3. The second kappa shape index (κ2) is 8.23. The van der Waals surface area contributed by atoms with Crippen LogP contribution < -0.4 is 0 Å². The molecule has 5 rings (SSSR count). The Hall–Kier alpha value is -2.46. The van der Waals surface area contributed by atoms with Crippen molar-refractivity contribution in [2.45, 2.75) is 27.7 Å². The fourth-order valence-corrected chi connectivity index (χ4v) is 7.93. The minimum atomic E-state index is 1.30. The molecule has 3 aromatic heterocycles. The van der Waals surface area contributed by atoms with Crippen LogP contribution in [0, 0.1) is 20.8 Å². The van der Waals surface area contributed by atoms with Crippen molar-refractivity contribution < 1.29 is 0 Å². The molecule has 0 atom stereocenters. The van der Waals surface area contributed by atoms with Crippen LogP contribution in [-0.2, 0) is 0 Å². The normalized spacial score (nSPS) is 11.7. The van der Waals surface area contributed by atoms with Crippen LogP contribution in [0.1, 0.15) is 28.5 Å². The second-order valence-electron chi connectivity index (χ2n) is 7.93. The van der Waals surface area contributed by atoms with Crippen LogP contribution in [0.2, 0.25) is 0 Å². The van der Waals surface area contributed by atoms with E-state index in [1.807, 2.05) is 34.0 Å². The van der Waals surface area contributed by atoms with Gasteiger partial charge in [-0.05, 0) is 85.0 Å². The van der Waals surface area contributed by atoms with Gasteiger partial charge >= 0.3 is 0 Å². The molecule has 0 fully saturated rings. The molecule has 0 radical (unpaired) electrons. The van der Waals surface area contributed by atoms with Gasteiger partial charge in [0, 0.05) is 29.3 Å². The van der Waals surface area contributed by atoms with Crippen LogP contribution in [0.25, 0.3) is 46.8 Å².